The summed E-state index contributed by atoms with van der Waals surface area (Å²) in [4.78, 5) is 23.8. The number of unbranched alkanes of at least 4 members (excludes halogenated alkanes) is 7. The van der Waals surface area contributed by atoms with Crippen molar-refractivity contribution in [2.75, 3.05) is 6.61 Å². The van der Waals surface area contributed by atoms with E-state index in [9.17, 15) is 9.59 Å². The second-order valence-corrected chi connectivity index (χ2v) is 9.03. The van der Waals surface area contributed by atoms with E-state index in [1.807, 2.05) is 42.5 Å². The van der Waals surface area contributed by atoms with E-state index in [0.29, 0.717) is 24.3 Å². The Morgan fingerprint density at radius 2 is 1.39 bits per heavy atom. The Morgan fingerprint density at radius 1 is 0.750 bits per heavy atom. The number of aromatic carboxylic acids is 1. The average Bonchev–Trinajstić information content (AvgIpc) is 2.89. The standard InChI is InChI=1S/C31H36O5/c1-2-3-4-5-6-7-8-12-21-35-28-19-20-29(27(23-28)22-24-13-10-9-11-14-24)36-31(34)26-17-15-25(16-18-26)30(32)33/h9-11,13-20,23H,2-8,12,21-22H2,1H3,(H,32,33). The monoisotopic (exact) mass is 488 g/mol. The lowest BCUT2D eigenvalue weighted by Crippen LogP contribution is -2.11. The summed E-state index contributed by atoms with van der Waals surface area (Å²) in [5.41, 5.74) is 2.36. The second-order valence-electron chi connectivity index (χ2n) is 9.03. The molecule has 190 valence electrons. The molecule has 0 spiro atoms. The second kappa shape index (κ2) is 14.7. The van der Waals surface area contributed by atoms with Crippen molar-refractivity contribution in [3.05, 3.63) is 95.1 Å². The Labute approximate surface area is 214 Å². The minimum atomic E-state index is -1.04. The summed E-state index contributed by atoms with van der Waals surface area (Å²) in [6, 6.07) is 21.2. The van der Waals surface area contributed by atoms with Gasteiger partial charge in [-0.05, 0) is 54.4 Å². The summed E-state index contributed by atoms with van der Waals surface area (Å²) in [6.07, 6.45) is 10.6. The van der Waals surface area contributed by atoms with Gasteiger partial charge in [0.2, 0.25) is 0 Å². The molecule has 3 rings (SSSR count). The first kappa shape index (κ1) is 27.0. The predicted molar refractivity (Wildman–Crippen MR) is 142 cm³/mol. The third-order valence-corrected chi connectivity index (χ3v) is 6.11. The summed E-state index contributed by atoms with van der Waals surface area (Å²) in [5, 5.41) is 9.07. The number of ether oxygens (including phenoxy) is 2. The van der Waals surface area contributed by atoms with Gasteiger partial charge in [-0.15, -0.1) is 0 Å². The van der Waals surface area contributed by atoms with Gasteiger partial charge in [-0.1, -0.05) is 82.2 Å². The molecule has 0 unspecified atom stereocenters. The van der Waals surface area contributed by atoms with Crippen molar-refractivity contribution in [2.45, 2.75) is 64.7 Å². The van der Waals surface area contributed by atoms with E-state index in [1.54, 1.807) is 6.07 Å². The van der Waals surface area contributed by atoms with Crippen LogP contribution >= 0.6 is 0 Å². The molecule has 0 heterocycles. The maximum absolute atomic E-state index is 12.7. The van der Waals surface area contributed by atoms with Crippen LogP contribution < -0.4 is 9.47 Å². The number of hydrogen-bond acceptors (Lipinski definition) is 4. The molecule has 0 aliphatic carbocycles. The van der Waals surface area contributed by atoms with Gasteiger partial charge in [-0.3, -0.25) is 0 Å². The topological polar surface area (TPSA) is 72.8 Å². The van der Waals surface area contributed by atoms with Crippen LogP contribution in [0.5, 0.6) is 11.5 Å². The molecule has 1 N–H and O–H groups in total. The van der Waals surface area contributed by atoms with Gasteiger partial charge in [0.05, 0.1) is 17.7 Å². The lowest BCUT2D eigenvalue weighted by molar-refractivity contribution is 0.0691. The van der Waals surface area contributed by atoms with Gasteiger partial charge in [0.25, 0.3) is 0 Å². The van der Waals surface area contributed by atoms with Crippen molar-refractivity contribution in [3.8, 4) is 11.5 Å². The summed E-state index contributed by atoms with van der Waals surface area (Å²) in [6.45, 7) is 2.90. The maximum Gasteiger partial charge on any atom is 0.343 e. The molecule has 0 bridgehead atoms. The molecule has 5 nitrogen and oxygen atoms in total. The number of carboxylic acid groups (broad SMARTS) is 1. The van der Waals surface area contributed by atoms with Gasteiger partial charge in [0.15, 0.2) is 0 Å². The molecule has 0 saturated carbocycles. The highest BCUT2D eigenvalue weighted by atomic mass is 16.5. The molecule has 0 fully saturated rings. The van der Waals surface area contributed by atoms with Crippen LogP contribution in [0.3, 0.4) is 0 Å². The highest BCUT2D eigenvalue weighted by Crippen LogP contribution is 2.28. The molecule has 36 heavy (non-hydrogen) atoms. The van der Waals surface area contributed by atoms with Gasteiger partial charge >= 0.3 is 11.9 Å². The number of hydrogen-bond donors (Lipinski definition) is 1. The lowest BCUT2D eigenvalue weighted by atomic mass is 10.0. The van der Waals surface area contributed by atoms with E-state index in [0.717, 1.165) is 23.3 Å². The quantitative estimate of drug-likeness (QED) is 0.135. The van der Waals surface area contributed by atoms with Crippen LogP contribution in [0.2, 0.25) is 0 Å². The van der Waals surface area contributed by atoms with Gasteiger partial charge in [0.1, 0.15) is 11.5 Å². The Balaban J connectivity index is 1.62. The molecular weight excluding hydrogens is 452 g/mol. The zero-order valence-corrected chi connectivity index (χ0v) is 21.1. The first-order valence-corrected chi connectivity index (χ1v) is 12.9. The zero-order chi connectivity index (χ0) is 25.6. The molecule has 0 aliphatic rings. The first-order chi connectivity index (χ1) is 17.6. The molecule has 0 aromatic heterocycles. The largest absolute Gasteiger partial charge is 0.494 e. The summed E-state index contributed by atoms with van der Waals surface area (Å²) >= 11 is 0. The minimum absolute atomic E-state index is 0.120. The van der Waals surface area contributed by atoms with Crippen LogP contribution in [-0.2, 0) is 6.42 Å². The summed E-state index contributed by atoms with van der Waals surface area (Å²) in [5.74, 6) is -0.350. The van der Waals surface area contributed by atoms with Crippen LogP contribution in [0.15, 0.2) is 72.8 Å². The van der Waals surface area contributed by atoms with Crippen molar-refractivity contribution in [1.29, 1.82) is 0 Å². The van der Waals surface area contributed by atoms with Crippen LogP contribution in [0.25, 0.3) is 0 Å². The van der Waals surface area contributed by atoms with E-state index < -0.39 is 11.9 Å². The zero-order valence-electron chi connectivity index (χ0n) is 21.1. The number of carbonyl (C=O) groups excluding carboxylic acids is 1. The lowest BCUT2D eigenvalue weighted by Gasteiger charge is -2.13. The van der Waals surface area contributed by atoms with Gasteiger partial charge in [0, 0.05) is 12.0 Å². The fraction of sp³-hybridized carbons (Fsp3) is 0.355. The van der Waals surface area contributed by atoms with E-state index in [4.69, 9.17) is 14.6 Å². The van der Waals surface area contributed by atoms with Crippen LogP contribution in [0.1, 0.15) is 90.1 Å². The third kappa shape index (κ3) is 8.88. The van der Waals surface area contributed by atoms with Crippen molar-refractivity contribution >= 4 is 11.9 Å². The molecule has 0 radical (unpaired) electrons. The summed E-state index contributed by atoms with van der Waals surface area (Å²) < 4.78 is 11.7. The number of rotatable bonds is 15. The molecule has 3 aromatic carbocycles. The van der Waals surface area contributed by atoms with Gasteiger partial charge in [-0.2, -0.15) is 0 Å². The normalized spacial score (nSPS) is 10.7. The number of benzene rings is 3. The maximum atomic E-state index is 12.7. The molecule has 0 amide bonds. The van der Waals surface area contributed by atoms with E-state index >= 15 is 0 Å². The molecular formula is C31H36O5. The molecule has 3 aromatic rings. The first-order valence-electron chi connectivity index (χ1n) is 12.9. The van der Waals surface area contributed by atoms with Gasteiger partial charge < -0.3 is 14.6 Å². The fourth-order valence-electron chi connectivity index (χ4n) is 4.03. The van der Waals surface area contributed by atoms with Gasteiger partial charge in [-0.25, -0.2) is 9.59 Å². The van der Waals surface area contributed by atoms with Crippen LogP contribution in [-0.4, -0.2) is 23.7 Å². The molecule has 5 heteroatoms. The SMILES string of the molecule is CCCCCCCCCCOc1ccc(OC(=O)c2ccc(C(=O)O)cc2)c(Cc2ccccc2)c1. The smallest absolute Gasteiger partial charge is 0.343 e. The number of carbonyl (C=O) groups is 2. The van der Waals surface area contributed by atoms with E-state index in [2.05, 4.69) is 6.92 Å². The predicted octanol–water partition coefficient (Wildman–Crippen LogP) is 7.71. The molecule has 0 aliphatic heterocycles. The highest BCUT2D eigenvalue weighted by molar-refractivity contribution is 5.93. The highest BCUT2D eigenvalue weighted by Gasteiger charge is 2.14. The Morgan fingerprint density at radius 3 is 2.06 bits per heavy atom. The molecule has 0 saturated heterocycles. The number of carboxylic acids is 1. The summed E-state index contributed by atoms with van der Waals surface area (Å²) in [7, 11) is 0. The third-order valence-electron chi connectivity index (χ3n) is 6.11. The number of esters is 1. The fourth-order valence-corrected chi connectivity index (χ4v) is 4.03. The Bertz CT molecular complexity index is 1090. The Hall–Kier alpha value is -3.60. The average molecular weight is 489 g/mol. The van der Waals surface area contributed by atoms with E-state index in [1.165, 1.54) is 69.2 Å². The van der Waals surface area contributed by atoms with Crippen LogP contribution in [0.4, 0.5) is 0 Å². The van der Waals surface area contributed by atoms with Crippen LogP contribution in [0, 0.1) is 0 Å². The van der Waals surface area contributed by atoms with Crippen molar-refractivity contribution in [2.24, 2.45) is 0 Å². The van der Waals surface area contributed by atoms with Crippen molar-refractivity contribution < 1.29 is 24.2 Å². The van der Waals surface area contributed by atoms with E-state index in [-0.39, 0.29) is 5.56 Å². The Kier molecular flexibility index (Phi) is 11.0. The van der Waals surface area contributed by atoms with Crippen molar-refractivity contribution in [1.82, 2.24) is 0 Å². The molecule has 0 atom stereocenters. The van der Waals surface area contributed by atoms with Crippen molar-refractivity contribution in [3.63, 3.8) is 0 Å². The minimum Gasteiger partial charge on any atom is -0.494 e.